The lowest BCUT2D eigenvalue weighted by Crippen LogP contribution is -2.43. The summed E-state index contributed by atoms with van der Waals surface area (Å²) in [6.45, 7) is 3.62. The van der Waals surface area contributed by atoms with Gasteiger partial charge in [0.05, 0.1) is 31.9 Å². The number of methoxy groups -OCH3 is 1. The molecule has 1 aliphatic rings. The van der Waals surface area contributed by atoms with E-state index in [1.165, 1.54) is 0 Å². The maximum Gasteiger partial charge on any atom is 0.252 e. The Kier molecular flexibility index (Phi) is 6.66. The van der Waals surface area contributed by atoms with Crippen molar-refractivity contribution in [1.29, 1.82) is 0 Å². The summed E-state index contributed by atoms with van der Waals surface area (Å²) in [5.41, 5.74) is 1.76. The molecule has 0 aromatic heterocycles. The molecular weight excluding hydrogens is 396 g/mol. The molecule has 2 aromatic rings. The van der Waals surface area contributed by atoms with Crippen molar-refractivity contribution in [2.75, 3.05) is 40.0 Å². The molecule has 5 nitrogen and oxygen atoms in total. The highest BCUT2D eigenvalue weighted by Gasteiger charge is 2.24. The van der Waals surface area contributed by atoms with Crippen molar-refractivity contribution in [1.82, 2.24) is 10.2 Å². The summed E-state index contributed by atoms with van der Waals surface area (Å²) in [5, 5.41) is 3.08. The first-order chi connectivity index (χ1) is 12.7. The van der Waals surface area contributed by atoms with E-state index in [2.05, 4.69) is 32.2 Å². The van der Waals surface area contributed by atoms with E-state index in [1.807, 2.05) is 42.5 Å². The second-order valence-corrected chi connectivity index (χ2v) is 6.98. The minimum absolute atomic E-state index is 0.0698. The summed E-state index contributed by atoms with van der Waals surface area (Å²) in [5.74, 6) is 0.733. The molecule has 1 N–H and O–H groups in total. The number of nitrogens with one attached hydrogen (secondary N) is 1. The topological polar surface area (TPSA) is 50.8 Å². The van der Waals surface area contributed by atoms with E-state index in [-0.39, 0.29) is 11.9 Å². The number of carbonyl (C=O) groups excluding carboxylic acids is 1. The Morgan fingerprint density at radius 1 is 1.23 bits per heavy atom. The van der Waals surface area contributed by atoms with E-state index in [4.69, 9.17) is 9.47 Å². The quantitative estimate of drug-likeness (QED) is 0.781. The lowest BCUT2D eigenvalue weighted by molar-refractivity contribution is 0.0162. The molecule has 1 heterocycles. The van der Waals surface area contributed by atoms with Crippen molar-refractivity contribution >= 4 is 21.8 Å². The lowest BCUT2D eigenvalue weighted by Gasteiger charge is -2.35. The number of amides is 1. The minimum atomic E-state index is -0.0846. The van der Waals surface area contributed by atoms with Crippen LogP contribution in [0.1, 0.15) is 22.0 Å². The first kappa shape index (κ1) is 18.9. The Hall–Kier alpha value is -1.89. The average molecular weight is 419 g/mol. The second kappa shape index (κ2) is 9.16. The van der Waals surface area contributed by atoms with Crippen LogP contribution in [0.3, 0.4) is 0 Å². The fourth-order valence-electron chi connectivity index (χ4n) is 3.13. The molecule has 6 heteroatoms. The number of halogens is 1. The van der Waals surface area contributed by atoms with Crippen molar-refractivity contribution in [3.63, 3.8) is 0 Å². The van der Waals surface area contributed by atoms with Gasteiger partial charge in [-0.3, -0.25) is 9.69 Å². The smallest absolute Gasteiger partial charge is 0.252 e. The van der Waals surface area contributed by atoms with Gasteiger partial charge in [0.15, 0.2) is 0 Å². The van der Waals surface area contributed by atoms with Gasteiger partial charge in [-0.25, -0.2) is 0 Å². The van der Waals surface area contributed by atoms with Crippen LogP contribution in [-0.2, 0) is 4.74 Å². The Balaban J connectivity index is 1.77. The zero-order chi connectivity index (χ0) is 18.4. The largest absolute Gasteiger partial charge is 0.497 e. The molecule has 0 aliphatic carbocycles. The molecule has 1 amide bonds. The third-order valence-electron chi connectivity index (χ3n) is 4.54. The number of hydrogen-bond donors (Lipinski definition) is 1. The predicted molar refractivity (Wildman–Crippen MR) is 105 cm³/mol. The van der Waals surface area contributed by atoms with Gasteiger partial charge < -0.3 is 14.8 Å². The van der Waals surface area contributed by atoms with Crippen LogP contribution < -0.4 is 10.1 Å². The van der Waals surface area contributed by atoms with E-state index in [9.17, 15) is 4.79 Å². The summed E-state index contributed by atoms with van der Waals surface area (Å²) in [4.78, 5) is 14.9. The monoisotopic (exact) mass is 418 g/mol. The van der Waals surface area contributed by atoms with Gasteiger partial charge in [0.25, 0.3) is 5.91 Å². The predicted octanol–water partition coefficient (Wildman–Crippen LogP) is 3.26. The minimum Gasteiger partial charge on any atom is -0.497 e. The van der Waals surface area contributed by atoms with Crippen LogP contribution in [-0.4, -0.2) is 50.8 Å². The summed E-state index contributed by atoms with van der Waals surface area (Å²) < 4.78 is 11.6. The molecule has 0 saturated carbocycles. The fraction of sp³-hybridized carbons (Fsp3) is 0.350. The van der Waals surface area contributed by atoms with Gasteiger partial charge in [-0.2, -0.15) is 0 Å². The summed E-state index contributed by atoms with van der Waals surface area (Å²) in [6.07, 6.45) is 0. The standard InChI is InChI=1S/C20H23BrN2O3/c1-25-16-6-4-5-15(13-16)19(23-9-11-26-12-10-23)14-22-20(24)17-7-2-3-8-18(17)21/h2-8,13,19H,9-12,14H2,1H3,(H,22,24)/t19-/m0/s1. The lowest BCUT2D eigenvalue weighted by atomic mass is 10.0. The van der Waals surface area contributed by atoms with Gasteiger partial charge in [-0.15, -0.1) is 0 Å². The van der Waals surface area contributed by atoms with Crippen LogP contribution in [0.15, 0.2) is 53.0 Å². The fourth-order valence-corrected chi connectivity index (χ4v) is 3.59. The highest BCUT2D eigenvalue weighted by molar-refractivity contribution is 9.10. The molecule has 138 valence electrons. The molecule has 0 radical (unpaired) electrons. The van der Waals surface area contributed by atoms with Crippen LogP contribution in [0.5, 0.6) is 5.75 Å². The van der Waals surface area contributed by atoms with Crippen LogP contribution in [0.2, 0.25) is 0 Å². The third kappa shape index (κ3) is 4.63. The number of morpholine rings is 1. The molecule has 26 heavy (non-hydrogen) atoms. The van der Waals surface area contributed by atoms with Gasteiger partial charge in [-0.1, -0.05) is 24.3 Å². The Morgan fingerprint density at radius 3 is 2.73 bits per heavy atom. The number of carbonyl (C=O) groups is 1. The van der Waals surface area contributed by atoms with E-state index in [1.54, 1.807) is 7.11 Å². The van der Waals surface area contributed by atoms with E-state index >= 15 is 0 Å². The van der Waals surface area contributed by atoms with Crippen LogP contribution in [0.4, 0.5) is 0 Å². The van der Waals surface area contributed by atoms with Gasteiger partial charge >= 0.3 is 0 Å². The van der Waals surface area contributed by atoms with Gasteiger partial charge in [0, 0.05) is 24.1 Å². The van der Waals surface area contributed by atoms with E-state index < -0.39 is 0 Å². The molecule has 2 aromatic carbocycles. The van der Waals surface area contributed by atoms with Crippen molar-refractivity contribution in [3.05, 3.63) is 64.1 Å². The van der Waals surface area contributed by atoms with Gasteiger partial charge in [0.1, 0.15) is 5.75 Å². The van der Waals surface area contributed by atoms with Gasteiger partial charge in [0.2, 0.25) is 0 Å². The Bertz CT molecular complexity index is 747. The molecule has 1 aliphatic heterocycles. The van der Waals surface area contributed by atoms with Crippen molar-refractivity contribution in [3.8, 4) is 5.75 Å². The number of nitrogens with zero attached hydrogens (tertiary/aromatic N) is 1. The van der Waals surface area contributed by atoms with Crippen LogP contribution >= 0.6 is 15.9 Å². The van der Waals surface area contributed by atoms with Crippen molar-refractivity contribution in [2.45, 2.75) is 6.04 Å². The number of ether oxygens (including phenoxy) is 2. The SMILES string of the molecule is COc1cccc([C@H](CNC(=O)c2ccccc2Br)N2CCOCC2)c1. The number of rotatable bonds is 6. The molecule has 0 spiro atoms. The van der Waals surface area contributed by atoms with E-state index in [0.29, 0.717) is 25.3 Å². The average Bonchev–Trinajstić information content (AvgIpc) is 2.69. The molecule has 1 saturated heterocycles. The molecule has 1 fully saturated rings. The Labute approximate surface area is 162 Å². The highest BCUT2D eigenvalue weighted by Crippen LogP contribution is 2.25. The van der Waals surface area contributed by atoms with Gasteiger partial charge in [-0.05, 0) is 45.8 Å². The zero-order valence-electron chi connectivity index (χ0n) is 14.8. The third-order valence-corrected chi connectivity index (χ3v) is 5.23. The highest BCUT2D eigenvalue weighted by atomic mass is 79.9. The molecule has 0 unspecified atom stereocenters. The molecular formula is C20H23BrN2O3. The second-order valence-electron chi connectivity index (χ2n) is 6.13. The normalized spacial score (nSPS) is 16.1. The van der Waals surface area contributed by atoms with E-state index in [0.717, 1.165) is 28.9 Å². The number of hydrogen-bond acceptors (Lipinski definition) is 4. The first-order valence-electron chi connectivity index (χ1n) is 8.67. The van der Waals surface area contributed by atoms with Crippen LogP contribution in [0.25, 0.3) is 0 Å². The van der Waals surface area contributed by atoms with Crippen molar-refractivity contribution in [2.24, 2.45) is 0 Å². The number of benzene rings is 2. The summed E-state index contributed by atoms with van der Waals surface area (Å²) >= 11 is 3.44. The van der Waals surface area contributed by atoms with Crippen molar-refractivity contribution < 1.29 is 14.3 Å². The maximum atomic E-state index is 12.6. The zero-order valence-corrected chi connectivity index (χ0v) is 16.4. The summed E-state index contributed by atoms with van der Waals surface area (Å²) in [6, 6.07) is 15.5. The first-order valence-corrected chi connectivity index (χ1v) is 9.47. The Morgan fingerprint density at radius 2 is 2.00 bits per heavy atom. The van der Waals surface area contributed by atoms with Crippen LogP contribution in [0, 0.1) is 0 Å². The maximum absolute atomic E-state index is 12.6. The molecule has 1 atom stereocenters. The molecule has 0 bridgehead atoms. The molecule has 3 rings (SSSR count). The summed E-state index contributed by atoms with van der Waals surface area (Å²) in [7, 11) is 1.66.